The SMILES string of the molecule is COc1ccc(CNc2nnc(SCn3nnc4ccccc4c3=O)s2)cc1. The normalized spacial score (nSPS) is 10.9. The van der Waals surface area contributed by atoms with Gasteiger partial charge >= 0.3 is 0 Å². The number of nitrogens with one attached hydrogen (secondary N) is 1. The van der Waals surface area contributed by atoms with Gasteiger partial charge in [0.15, 0.2) is 4.34 Å². The van der Waals surface area contributed by atoms with Crippen LogP contribution in [-0.2, 0) is 12.4 Å². The van der Waals surface area contributed by atoms with Gasteiger partial charge in [-0.15, -0.1) is 15.3 Å². The summed E-state index contributed by atoms with van der Waals surface area (Å²) in [6, 6.07) is 15.0. The summed E-state index contributed by atoms with van der Waals surface area (Å²) in [6.45, 7) is 0.638. The number of hydrogen-bond donors (Lipinski definition) is 1. The van der Waals surface area contributed by atoms with Crippen molar-refractivity contribution in [2.75, 3.05) is 12.4 Å². The Hall–Kier alpha value is -2.98. The summed E-state index contributed by atoms with van der Waals surface area (Å²) in [7, 11) is 1.64. The van der Waals surface area contributed by atoms with Gasteiger partial charge in [-0.3, -0.25) is 4.79 Å². The van der Waals surface area contributed by atoms with E-state index in [1.165, 1.54) is 27.8 Å². The fourth-order valence-electron chi connectivity index (χ4n) is 2.48. The molecule has 2 aromatic carbocycles. The van der Waals surface area contributed by atoms with E-state index in [-0.39, 0.29) is 5.56 Å². The van der Waals surface area contributed by atoms with Gasteiger partial charge in [-0.25, -0.2) is 0 Å². The van der Waals surface area contributed by atoms with Crippen LogP contribution in [0.5, 0.6) is 5.75 Å². The monoisotopic (exact) mass is 412 g/mol. The van der Waals surface area contributed by atoms with Gasteiger partial charge in [-0.05, 0) is 29.8 Å². The number of fused-ring (bicyclic) bond motifs is 1. The molecule has 2 heterocycles. The van der Waals surface area contributed by atoms with E-state index in [1.807, 2.05) is 36.4 Å². The molecule has 4 rings (SSSR count). The maximum atomic E-state index is 12.5. The number of hydrogen-bond acceptors (Lipinski definition) is 9. The summed E-state index contributed by atoms with van der Waals surface area (Å²) in [4.78, 5) is 12.5. The van der Waals surface area contributed by atoms with Crippen LogP contribution in [0, 0.1) is 0 Å². The van der Waals surface area contributed by atoms with Crippen LogP contribution in [0.1, 0.15) is 5.56 Å². The first-order valence-electron chi connectivity index (χ1n) is 8.38. The van der Waals surface area contributed by atoms with Crippen LogP contribution in [0.15, 0.2) is 57.7 Å². The molecule has 10 heteroatoms. The quantitative estimate of drug-likeness (QED) is 0.463. The standard InChI is InChI=1S/C18H16N6O2S2/c1-26-13-8-6-12(7-9-13)10-19-17-21-22-18(28-17)27-11-24-16(25)14-4-2-3-5-15(14)20-23-24/h2-9H,10-11H2,1H3,(H,19,21). The molecule has 0 radical (unpaired) electrons. The van der Waals surface area contributed by atoms with E-state index >= 15 is 0 Å². The highest BCUT2D eigenvalue weighted by Crippen LogP contribution is 2.26. The van der Waals surface area contributed by atoms with Gasteiger partial charge in [0.25, 0.3) is 5.56 Å². The summed E-state index contributed by atoms with van der Waals surface area (Å²) < 4.78 is 7.23. The molecule has 0 bridgehead atoms. The number of benzene rings is 2. The van der Waals surface area contributed by atoms with Gasteiger partial charge in [0.05, 0.1) is 18.4 Å². The predicted octanol–water partition coefficient (Wildman–Crippen LogP) is 3.01. The Morgan fingerprint density at radius 1 is 1.11 bits per heavy atom. The molecule has 142 valence electrons. The van der Waals surface area contributed by atoms with Crippen molar-refractivity contribution in [3.05, 3.63) is 64.4 Å². The summed E-state index contributed by atoms with van der Waals surface area (Å²) >= 11 is 2.82. The second kappa shape index (κ2) is 8.36. The van der Waals surface area contributed by atoms with Crippen LogP contribution < -0.4 is 15.6 Å². The molecule has 0 saturated carbocycles. The van der Waals surface area contributed by atoms with Gasteiger partial charge < -0.3 is 10.1 Å². The summed E-state index contributed by atoms with van der Waals surface area (Å²) in [6.07, 6.45) is 0. The van der Waals surface area contributed by atoms with E-state index in [9.17, 15) is 4.79 Å². The maximum Gasteiger partial charge on any atom is 0.278 e. The fourth-order valence-corrected chi connectivity index (χ4v) is 4.09. The lowest BCUT2D eigenvalue weighted by molar-refractivity contribution is 0.414. The number of aromatic nitrogens is 5. The smallest absolute Gasteiger partial charge is 0.278 e. The van der Waals surface area contributed by atoms with Crippen molar-refractivity contribution in [3.8, 4) is 5.75 Å². The topological polar surface area (TPSA) is 94.8 Å². The van der Waals surface area contributed by atoms with Gasteiger partial charge in [0.2, 0.25) is 5.13 Å². The Labute approximate surface area is 168 Å². The number of anilines is 1. The highest BCUT2D eigenvalue weighted by atomic mass is 32.2. The molecule has 0 amide bonds. The van der Waals surface area contributed by atoms with Crippen molar-refractivity contribution in [1.29, 1.82) is 0 Å². The van der Waals surface area contributed by atoms with E-state index in [0.29, 0.717) is 23.3 Å². The van der Waals surface area contributed by atoms with Crippen molar-refractivity contribution < 1.29 is 4.74 Å². The zero-order valence-electron chi connectivity index (χ0n) is 14.9. The highest BCUT2D eigenvalue weighted by Gasteiger charge is 2.09. The van der Waals surface area contributed by atoms with E-state index in [4.69, 9.17) is 4.74 Å². The lowest BCUT2D eigenvalue weighted by Crippen LogP contribution is -2.23. The molecule has 0 unspecified atom stereocenters. The largest absolute Gasteiger partial charge is 0.497 e. The van der Waals surface area contributed by atoms with E-state index in [2.05, 4.69) is 25.8 Å². The minimum Gasteiger partial charge on any atom is -0.497 e. The van der Waals surface area contributed by atoms with Crippen molar-refractivity contribution in [2.24, 2.45) is 0 Å². The van der Waals surface area contributed by atoms with Crippen LogP contribution in [-0.4, -0.2) is 32.3 Å². The van der Waals surface area contributed by atoms with Crippen LogP contribution in [0.25, 0.3) is 10.9 Å². The van der Waals surface area contributed by atoms with Gasteiger partial charge in [-0.2, -0.15) is 4.68 Å². The van der Waals surface area contributed by atoms with Crippen molar-refractivity contribution >= 4 is 39.1 Å². The Bertz CT molecular complexity index is 1140. The molecular formula is C18H16N6O2S2. The predicted molar refractivity (Wildman–Crippen MR) is 110 cm³/mol. The summed E-state index contributed by atoms with van der Waals surface area (Å²) in [5, 5.41) is 20.9. The maximum absolute atomic E-state index is 12.5. The van der Waals surface area contributed by atoms with Crippen LogP contribution in [0.3, 0.4) is 0 Å². The Morgan fingerprint density at radius 3 is 2.75 bits per heavy atom. The molecule has 28 heavy (non-hydrogen) atoms. The van der Waals surface area contributed by atoms with Gasteiger partial charge in [-0.1, -0.05) is 52.6 Å². The molecule has 2 aromatic heterocycles. The fraction of sp³-hybridized carbons (Fsp3) is 0.167. The van der Waals surface area contributed by atoms with Crippen molar-refractivity contribution in [3.63, 3.8) is 0 Å². The molecule has 1 N–H and O–H groups in total. The Morgan fingerprint density at radius 2 is 1.93 bits per heavy atom. The third-order valence-corrected chi connectivity index (χ3v) is 5.93. The molecule has 0 saturated heterocycles. The van der Waals surface area contributed by atoms with E-state index in [0.717, 1.165) is 20.8 Å². The summed E-state index contributed by atoms with van der Waals surface area (Å²) in [5.74, 6) is 1.15. The molecule has 0 aliphatic rings. The van der Waals surface area contributed by atoms with Crippen LogP contribution in [0.4, 0.5) is 5.13 Å². The summed E-state index contributed by atoms with van der Waals surface area (Å²) in [5.41, 5.74) is 1.54. The minimum atomic E-state index is -0.166. The lowest BCUT2D eigenvalue weighted by Gasteiger charge is -2.04. The van der Waals surface area contributed by atoms with Crippen LogP contribution in [0.2, 0.25) is 0 Å². The first-order chi connectivity index (χ1) is 13.7. The number of ether oxygens (including phenoxy) is 1. The molecule has 0 aliphatic heterocycles. The zero-order chi connectivity index (χ0) is 19.3. The Balaban J connectivity index is 1.37. The number of nitrogens with zero attached hydrogens (tertiary/aromatic N) is 5. The second-order valence-corrected chi connectivity index (χ2v) is 7.93. The molecule has 8 nitrogen and oxygen atoms in total. The van der Waals surface area contributed by atoms with Crippen LogP contribution >= 0.6 is 23.1 Å². The highest BCUT2D eigenvalue weighted by molar-refractivity contribution is 8.00. The van der Waals surface area contributed by atoms with Gasteiger partial charge in [0, 0.05) is 6.54 Å². The second-order valence-electron chi connectivity index (χ2n) is 5.76. The van der Waals surface area contributed by atoms with Gasteiger partial charge in [0.1, 0.15) is 11.3 Å². The zero-order valence-corrected chi connectivity index (χ0v) is 16.5. The number of methoxy groups -OCH3 is 1. The first kappa shape index (κ1) is 18.4. The number of rotatable bonds is 7. The van der Waals surface area contributed by atoms with Crippen molar-refractivity contribution in [2.45, 2.75) is 16.8 Å². The van der Waals surface area contributed by atoms with E-state index < -0.39 is 0 Å². The average Bonchev–Trinajstić information content (AvgIpc) is 3.20. The molecular weight excluding hydrogens is 396 g/mol. The molecule has 0 atom stereocenters. The van der Waals surface area contributed by atoms with E-state index in [1.54, 1.807) is 19.2 Å². The molecule has 4 aromatic rings. The average molecular weight is 413 g/mol. The van der Waals surface area contributed by atoms with Crippen molar-refractivity contribution in [1.82, 2.24) is 25.2 Å². The minimum absolute atomic E-state index is 0.166. The molecule has 0 aliphatic carbocycles. The lowest BCUT2D eigenvalue weighted by atomic mass is 10.2. The first-order valence-corrected chi connectivity index (χ1v) is 10.2. The third-order valence-electron chi connectivity index (χ3n) is 3.95. The molecule has 0 fully saturated rings. The number of thioether (sulfide) groups is 1. The molecule has 0 spiro atoms. The Kier molecular flexibility index (Phi) is 5.49. The third kappa shape index (κ3) is 4.12.